The fourth-order valence-corrected chi connectivity index (χ4v) is 4.07. The average molecular weight is 447 g/mol. The van der Waals surface area contributed by atoms with Crippen LogP contribution in [-0.2, 0) is 6.42 Å². The van der Waals surface area contributed by atoms with Crippen molar-refractivity contribution in [3.05, 3.63) is 65.4 Å². The minimum atomic E-state index is -0.437. The van der Waals surface area contributed by atoms with Crippen molar-refractivity contribution in [2.24, 2.45) is 0 Å². The zero-order chi connectivity index (χ0) is 23.6. The molecule has 5 nitrogen and oxygen atoms in total. The van der Waals surface area contributed by atoms with E-state index in [1.54, 1.807) is 18.2 Å². The van der Waals surface area contributed by atoms with Gasteiger partial charge in [0.05, 0.1) is 29.9 Å². The van der Waals surface area contributed by atoms with E-state index in [2.05, 4.69) is 16.2 Å². The highest BCUT2D eigenvalue weighted by Gasteiger charge is 2.20. The van der Waals surface area contributed by atoms with E-state index in [1.807, 2.05) is 44.3 Å². The molecule has 0 saturated heterocycles. The molecule has 2 aromatic carbocycles. The Hall–Kier alpha value is -3.23. The first-order chi connectivity index (χ1) is 16.0. The van der Waals surface area contributed by atoms with Gasteiger partial charge in [-0.2, -0.15) is 0 Å². The number of terminal acetylenes is 1. The second kappa shape index (κ2) is 12.1. The number of aromatic nitrogens is 1. The first-order valence-electron chi connectivity index (χ1n) is 11.8. The predicted octanol–water partition coefficient (Wildman–Crippen LogP) is 5.22. The van der Waals surface area contributed by atoms with Crippen molar-refractivity contribution in [3.8, 4) is 18.1 Å². The average Bonchev–Trinajstić information content (AvgIpc) is 3.52. The van der Waals surface area contributed by atoms with E-state index in [9.17, 15) is 9.90 Å². The van der Waals surface area contributed by atoms with E-state index in [-0.39, 0.29) is 18.6 Å². The molecule has 4 rings (SSSR count). The first-order valence-corrected chi connectivity index (χ1v) is 11.8. The minimum Gasteiger partial charge on any atom is -0.489 e. The standard InChI is InChI=1S/C23H24N2O3.C5H10/c1-4-16-8-7-10-20(22(16)28-15(2)3)23(27)25-18(14-26)12-17-13-24-21-11-6-5-9-19(17)21;1-2-4-5-3-1/h1,5-11,13,15,18,24,26H,12,14H2,2-3H3,(H,25,27);1-5H2/t18-;/m1./s1. The molecular weight excluding hydrogens is 412 g/mol. The topological polar surface area (TPSA) is 74.4 Å². The first kappa shape index (κ1) is 24.4. The lowest BCUT2D eigenvalue weighted by atomic mass is 10.0. The lowest BCUT2D eigenvalue weighted by Gasteiger charge is -2.19. The Balaban J connectivity index is 0.000000541. The van der Waals surface area contributed by atoms with E-state index in [0.717, 1.165) is 16.5 Å². The third kappa shape index (κ3) is 6.63. The van der Waals surface area contributed by atoms with Crippen LogP contribution in [0, 0.1) is 12.3 Å². The van der Waals surface area contributed by atoms with Crippen LogP contribution in [0.2, 0.25) is 0 Å². The van der Waals surface area contributed by atoms with Crippen LogP contribution in [0.5, 0.6) is 5.75 Å². The van der Waals surface area contributed by atoms with E-state index >= 15 is 0 Å². The van der Waals surface area contributed by atoms with Crippen molar-refractivity contribution in [1.29, 1.82) is 0 Å². The summed E-state index contributed by atoms with van der Waals surface area (Å²) in [6, 6.07) is 12.6. The Morgan fingerprint density at radius 2 is 1.82 bits per heavy atom. The molecule has 1 aliphatic carbocycles. The highest BCUT2D eigenvalue weighted by Crippen LogP contribution is 2.25. The van der Waals surface area contributed by atoms with Crippen molar-refractivity contribution in [1.82, 2.24) is 10.3 Å². The molecule has 0 unspecified atom stereocenters. The molecule has 174 valence electrons. The number of fused-ring (bicyclic) bond motifs is 1. The number of rotatable bonds is 7. The van der Waals surface area contributed by atoms with Crippen LogP contribution in [0.3, 0.4) is 0 Å². The molecule has 1 heterocycles. The molecular formula is C28H34N2O3. The van der Waals surface area contributed by atoms with Crippen LogP contribution in [-0.4, -0.2) is 34.8 Å². The molecule has 5 heteroatoms. The number of para-hydroxylation sites is 2. The summed E-state index contributed by atoms with van der Waals surface area (Å²) in [6.45, 7) is 3.57. The normalized spacial score (nSPS) is 13.8. The van der Waals surface area contributed by atoms with Crippen molar-refractivity contribution >= 4 is 16.8 Å². The number of aromatic amines is 1. The predicted molar refractivity (Wildman–Crippen MR) is 134 cm³/mol. The Bertz CT molecular complexity index is 1080. The number of aliphatic hydroxyl groups is 1. The summed E-state index contributed by atoms with van der Waals surface area (Å²) in [4.78, 5) is 16.1. The highest BCUT2D eigenvalue weighted by atomic mass is 16.5. The van der Waals surface area contributed by atoms with Crippen LogP contribution >= 0.6 is 0 Å². The van der Waals surface area contributed by atoms with Crippen LogP contribution in [0.25, 0.3) is 10.9 Å². The number of hydrogen-bond donors (Lipinski definition) is 3. The van der Waals surface area contributed by atoms with Gasteiger partial charge in [0.15, 0.2) is 0 Å². The quantitative estimate of drug-likeness (QED) is 0.436. The van der Waals surface area contributed by atoms with Crippen LogP contribution < -0.4 is 10.1 Å². The number of nitrogens with one attached hydrogen (secondary N) is 2. The molecule has 1 amide bonds. The van der Waals surface area contributed by atoms with Crippen molar-refractivity contribution in [2.45, 2.75) is 64.5 Å². The Kier molecular flexibility index (Phi) is 8.97. The molecule has 0 radical (unpaired) electrons. The van der Waals surface area contributed by atoms with Gasteiger partial charge in [-0.25, -0.2) is 0 Å². The third-order valence-electron chi connectivity index (χ3n) is 5.72. The molecule has 3 aromatic rings. The number of H-pyrrole nitrogens is 1. The zero-order valence-corrected chi connectivity index (χ0v) is 19.6. The summed E-state index contributed by atoms with van der Waals surface area (Å²) >= 11 is 0. The van der Waals surface area contributed by atoms with Crippen LogP contribution in [0.15, 0.2) is 48.7 Å². The summed E-state index contributed by atoms with van der Waals surface area (Å²) in [5.74, 6) is 2.62. The Morgan fingerprint density at radius 3 is 2.45 bits per heavy atom. The number of ether oxygens (including phenoxy) is 1. The Morgan fingerprint density at radius 1 is 1.12 bits per heavy atom. The van der Waals surface area contributed by atoms with E-state index in [1.165, 1.54) is 32.1 Å². The van der Waals surface area contributed by atoms with Gasteiger partial charge in [-0.15, -0.1) is 6.42 Å². The van der Waals surface area contributed by atoms with Crippen molar-refractivity contribution < 1.29 is 14.6 Å². The molecule has 0 aliphatic heterocycles. The summed E-state index contributed by atoms with van der Waals surface area (Å²) < 4.78 is 5.80. The number of hydrogen-bond acceptors (Lipinski definition) is 3. The molecule has 1 fully saturated rings. The number of carbonyl (C=O) groups excluding carboxylic acids is 1. The van der Waals surface area contributed by atoms with Gasteiger partial charge in [0.2, 0.25) is 0 Å². The molecule has 1 aliphatic rings. The second-order valence-electron chi connectivity index (χ2n) is 8.68. The number of benzene rings is 2. The second-order valence-corrected chi connectivity index (χ2v) is 8.68. The highest BCUT2D eigenvalue weighted by molar-refractivity contribution is 5.98. The fourth-order valence-electron chi connectivity index (χ4n) is 4.07. The minimum absolute atomic E-state index is 0.124. The molecule has 0 bridgehead atoms. The van der Waals surface area contributed by atoms with Crippen molar-refractivity contribution in [3.63, 3.8) is 0 Å². The number of amides is 1. The fraction of sp³-hybridized carbons (Fsp3) is 0.393. The number of carbonyl (C=O) groups is 1. The van der Waals surface area contributed by atoms with Gasteiger partial charge in [-0.05, 0) is 44.0 Å². The van der Waals surface area contributed by atoms with E-state index in [0.29, 0.717) is 23.3 Å². The maximum Gasteiger partial charge on any atom is 0.255 e. The molecule has 1 atom stereocenters. The van der Waals surface area contributed by atoms with E-state index in [4.69, 9.17) is 11.2 Å². The van der Waals surface area contributed by atoms with Gasteiger partial charge >= 0.3 is 0 Å². The SMILES string of the molecule is C#Cc1cccc(C(=O)N[C@@H](CO)Cc2c[nH]c3ccccc23)c1OC(C)C.C1CCCC1. The third-order valence-corrected chi connectivity index (χ3v) is 5.72. The van der Waals surface area contributed by atoms with Crippen LogP contribution in [0.4, 0.5) is 0 Å². The summed E-state index contributed by atoms with van der Waals surface area (Å²) in [7, 11) is 0. The van der Waals surface area contributed by atoms with Gasteiger partial charge in [0.1, 0.15) is 5.75 Å². The van der Waals surface area contributed by atoms with Gasteiger partial charge in [0.25, 0.3) is 5.91 Å². The summed E-state index contributed by atoms with van der Waals surface area (Å²) in [5, 5.41) is 13.8. The zero-order valence-electron chi connectivity index (χ0n) is 19.6. The molecule has 33 heavy (non-hydrogen) atoms. The van der Waals surface area contributed by atoms with E-state index < -0.39 is 6.04 Å². The Labute approximate surface area is 196 Å². The molecule has 3 N–H and O–H groups in total. The van der Waals surface area contributed by atoms with Crippen LogP contribution in [0.1, 0.15) is 67.4 Å². The van der Waals surface area contributed by atoms with Crippen molar-refractivity contribution in [2.75, 3.05) is 6.61 Å². The maximum absolute atomic E-state index is 12.9. The van der Waals surface area contributed by atoms with Gasteiger partial charge in [0, 0.05) is 17.1 Å². The van der Waals surface area contributed by atoms with Gasteiger partial charge in [-0.1, -0.05) is 62.3 Å². The maximum atomic E-state index is 12.9. The largest absolute Gasteiger partial charge is 0.489 e. The number of aliphatic hydroxyl groups excluding tert-OH is 1. The molecule has 1 saturated carbocycles. The smallest absolute Gasteiger partial charge is 0.255 e. The monoisotopic (exact) mass is 446 g/mol. The van der Waals surface area contributed by atoms with Gasteiger partial charge < -0.3 is 20.1 Å². The lowest BCUT2D eigenvalue weighted by molar-refractivity contribution is 0.0910. The molecule has 0 spiro atoms. The lowest BCUT2D eigenvalue weighted by Crippen LogP contribution is -2.39. The van der Waals surface area contributed by atoms with Gasteiger partial charge in [-0.3, -0.25) is 4.79 Å². The molecule has 1 aromatic heterocycles. The summed E-state index contributed by atoms with van der Waals surface area (Å²) in [6.07, 6.45) is 15.3. The summed E-state index contributed by atoms with van der Waals surface area (Å²) in [5.41, 5.74) is 2.95.